The van der Waals surface area contributed by atoms with E-state index in [0.29, 0.717) is 17.5 Å². The van der Waals surface area contributed by atoms with E-state index >= 15 is 0 Å². The van der Waals surface area contributed by atoms with E-state index in [1.54, 1.807) is 0 Å². The zero-order valence-electron chi connectivity index (χ0n) is 10.5. The van der Waals surface area contributed by atoms with Gasteiger partial charge in [-0.1, -0.05) is 11.8 Å². The van der Waals surface area contributed by atoms with Crippen molar-refractivity contribution in [1.29, 1.82) is 0 Å². The Balaban J connectivity index is 2.30. The average Bonchev–Trinajstić information content (AvgIpc) is 2.87. The summed E-state index contributed by atoms with van der Waals surface area (Å²) in [4.78, 5) is 29.0. The van der Waals surface area contributed by atoms with Crippen molar-refractivity contribution in [3.8, 4) is 0 Å². The SMILES string of the molecule is O=C(c1cnc2n(c1=O)CCS2)N(CCO)CC(F)F. The molecular formula is C11H13F2N3O3S. The van der Waals surface area contributed by atoms with Crippen LogP contribution in [-0.2, 0) is 6.54 Å². The van der Waals surface area contributed by atoms with Crippen molar-refractivity contribution in [2.45, 2.75) is 18.1 Å². The van der Waals surface area contributed by atoms with E-state index in [9.17, 15) is 18.4 Å². The van der Waals surface area contributed by atoms with Crippen molar-refractivity contribution in [3.63, 3.8) is 0 Å². The van der Waals surface area contributed by atoms with Crippen LogP contribution in [-0.4, -0.2) is 57.3 Å². The van der Waals surface area contributed by atoms with Gasteiger partial charge in [0.1, 0.15) is 5.56 Å². The maximum absolute atomic E-state index is 12.4. The Hall–Kier alpha value is -1.48. The summed E-state index contributed by atoms with van der Waals surface area (Å²) in [5.74, 6) is -0.138. The lowest BCUT2D eigenvalue weighted by atomic mass is 10.2. The molecule has 0 atom stereocenters. The lowest BCUT2D eigenvalue weighted by Crippen LogP contribution is -2.41. The Labute approximate surface area is 117 Å². The molecule has 1 aromatic heterocycles. The van der Waals surface area contributed by atoms with Crippen LogP contribution in [0.15, 0.2) is 16.1 Å². The lowest BCUT2D eigenvalue weighted by Gasteiger charge is -2.21. The minimum atomic E-state index is -2.73. The van der Waals surface area contributed by atoms with Crippen LogP contribution in [0.3, 0.4) is 0 Å². The number of thioether (sulfide) groups is 1. The number of hydrogen-bond donors (Lipinski definition) is 1. The molecule has 1 aliphatic rings. The van der Waals surface area contributed by atoms with Crippen LogP contribution in [0.25, 0.3) is 0 Å². The first-order chi connectivity index (χ1) is 9.54. The molecule has 20 heavy (non-hydrogen) atoms. The van der Waals surface area contributed by atoms with Crippen molar-refractivity contribution in [1.82, 2.24) is 14.5 Å². The molecule has 0 aliphatic carbocycles. The molecule has 0 bridgehead atoms. The van der Waals surface area contributed by atoms with Gasteiger partial charge >= 0.3 is 0 Å². The number of carbonyl (C=O) groups is 1. The first-order valence-electron chi connectivity index (χ1n) is 5.95. The Bertz CT molecular complexity index is 564. The highest BCUT2D eigenvalue weighted by atomic mass is 32.2. The van der Waals surface area contributed by atoms with Gasteiger partial charge in [-0.15, -0.1) is 0 Å². The fourth-order valence-electron chi connectivity index (χ4n) is 1.90. The van der Waals surface area contributed by atoms with Crippen LogP contribution >= 0.6 is 11.8 Å². The third kappa shape index (κ3) is 2.98. The molecule has 1 amide bonds. The van der Waals surface area contributed by atoms with Crippen molar-refractivity contribution in [2.75, 3.05) is 25.4 Å². The van der Waals surface area contributed by atoms with E-state index in [-0.39, 0.29) is 12.1 Å². The summed E-state index contributed by atoms with van der Waals surface area (Å²) in [6, 6.07) is 0. The third-order valence-corrected chi connectivity index (χ3v) is 3.77. The third-order valence-electron chi connectivity index (χ3n) is 2.80. The van der Waals surface area contributed by atoms with Crippen LogP contribution < -0.4 is 5.56 Å². The predicted molar refractivity (Wildman–Crippen MR) is 68.2 cm³/mol. The summed E-state index contributed by atoms with van der Waals surface area (Å²) in [5.41, 5.74) is -0.771. The number of fused-ring (bicyclic) bond motifs is 1. The second-order valence-electron chi connectivity index (χ2n) is 4.13. The standard InChI is InChI=1S/C11H13F2N3O3S/c12-8(13)6-15(1-3-17)9(18)7-5-14-11-16(10(7)19)2-4-20-11/h5,8,17H,1-4,6H2. The maximum Gasteiger partial charge on any atom is 0.267 e. The molecule has 0 aromatic carbocycles. The molecule has 110 valence electrons. The monoisotopic (exact) mass is 305 g/mol. The molecule has 0 radical (unpaired) electrons. The molecule has 1 aromatic rings. The Morgan fingerprint density at radius 1 is 1.60 bits per heavy atom. The van der Waals surface area contributed by atoms with Crippen LogP contribution in [0.2, 0.25) is 0 Å². The van der Waals surface area contributed by atoms with Crippen molar-refractivity contribution in [2.24, 2.45) is 0 Å². The van der Waals surface area contributed by atoms with Crippen LogP contribution in [0.1, 0.15) is 10.4 Å². The molecule has 0 saturated carbocycles. The van der Waals surface area contributed by atoms with Gasteiger partial charge in [-0.25, -0.2) is 13.8 Å². The summed E-state index contributed by atoms with van der Waals surface area (Å²) in [7, 11) is 0. The van der Waals surface area contributed by atoms with Gasteiger partial charge in [0.2, 0.25) is 0 Å². The summed E-state index contributed by atoms with van der Waals surface area (Å²) in [6.45, 7) is -1.08. The lowest BCUT2D eigenvalue weighted by molar-refractivity contribution is 0.0506. The number of aliphatic hydroxyl groups excluding tert-OH is 1. The van der Waals surface area contributed by atoms with Gasteiger partial charge in [0, 0.05) is 25.0 Å². The van der Waals surface area contributed by atoms with E-state index in [1.165, 1.54) is 16.3 Å². The zero-order chi connectivity index (χ0) is 14.7. The first-order valence-corrected chi connectivity index (χ1v) is 6.94. The number of alkyl halides is 2. The van der Waals surface area contributed by atoms with E-state index < -0.39 is 31.0 Å². The van der Waals surface area contributed by atoms with Crippen molar-refractivity contribution in [3.05, 3.63) is 22.1 Å². The Morgan fingerprint density at radius 3 is 3.00 bits per heavy atom. The van der Waals surface area contributed by atoms with Crippen molar-refractivity contribution >= 4 is 17.7 Å². The number of amides is 1. The summed E-state index contributed by atoms with van der Waals surface area (Å²) >= 11 is 1.40. The van der Waals surface area contributed by atoms with E-state index in [2.05, 4.69) is 4.98 Å². The second kappa shape index (κ2) is 6.31. The minimum absolute atomic E-state index is 0.245. The highest BCUT2D eigenvalue weighted by Crippen LogP contribution is 2.20. The molecule has 2 rings (SSSR count). The number of rotatable bonds is 5. The smallest absolute Gasteiger partial charge is 0.267 e. The van der Waals surface area contributed by atoms with Crippen LogP contribution in [0.4, 0.5) is 8.78 Å². The maximum atomic E-state index is 12.4. The average molecular weight is 305 g/mol. The Morgan fingerprint density at radius 2 is 2.35 bits per heavy atom. The van der Waals surface area contributed by atoms with Gasteiger partial charge in [-0.3, -0.25) is 14.2 Å². The largest absolute Gasteiger partial charge is 0.395 e. The number of carbonyl (C=O) groups excluding carboxylic acids is 1. The van der Waals surface area contributed by atoms with Gasteiger partial charge in [0.15, 0.2) is 5.16 Å². The number of nitrogens with zero attached hydrogens (tertiary/aromatic N) is 3. The summed E-state index contributed by atoms with van der Waals surface area (Å²) < 4.78 is 26.2. The summed E-state index contributed by atoms with van der Waals surface area (Å²) in [5, 5.41) is 9.35. The zero-order valence-corrected chi connectivity index (χ0v) is 11.3. The van der Waals surface area contributed by atoms with Gasteiger partial charge in [-0.2, -0.15) is 0 Å². The van der Waals surface area contributed by atoms with Gasteiger partial charge in [0.25, 0.3) is 17.9 Å². The van der Waals surface area contributed by atoms with Crippen LogP contribution in [0, 0.1) is 0 Å². The molecule has 1 N–H and O–H groups in total. The van der Waals surface area contributed by atoms with Crippen LogP contribution in [0.5, 0.6) is 0 Å². The quantitative estimate of drug-likeness (QED) is 0.778. The molecule has 6 nitrogen and oxygen atoms in total. The molecular weight excluding hydrogens is 292 g/mol. The molecule has 0 unspecified atom stereocenters. The molecule has 9 heteroatoms. The molecule has 0 fully saturated rings. The number of hydrogen-bond acceptors (Lipinski definition) is 5. The second-order valence-corrected chi connectivity index (χ2v) is 5.19. The molecule has 1 aliphatic heterocycles. The fourth-order valence-corrected chi connectivity index (χ4v) is 2.81. The molecule has 2 heterocycles. The minimum Gasteiger partial charge on any atom is -0.395 e. The van der Waals surface area contributed by atoms with E-state index in [0.717, 1.165) is 11.1 Å². The first kappa shape index (κ1) is 14.9. The Kier molecular flexibility index (Phi) is 4.71. The number of aromatic nitrogens is 2. The van der Waals surface area contributed by atoms with Gasteiger partial charge in [-0.05, 0) is 0 Å². The van der Waals surface area contributed by atoms with Gasteiger partial charge in [0.05, 0.1) is 13.2 Å². The fraction of sp³-hybridized carbons (Fsp3) is 0.545. The van der Waals surface area contributed by atoms with E-state index in [4.69, 9.17) is 5.11 Å². The predicted octanol–water partition coefficient (Wildman–Crippen LogP) is 0.0486. The van der Waals surface area contributed by atoms with E-state index in [1.807, 2.05) is 0 Å². The highest BCUT2D eigenvalue weighted by molar-refractivity contribution is 7.99. The normalized spacial score (nSPS) is 13.6. The highest BCUT2D eigenvalue weighted by Gasteiger charge is 2.25. The number of aliphatic hydroxyl groups is 1. The van der Waals surface area contributed by atoms with Gasteiger partial charge < -0.3 is 10.0 Å². The topological polar surface area (TPSA) is 75.4 Å². The molecule has 0 saturated heterocycles. The van der Waals surface area contributed by atoms with Crippen molar-refractivity contribution < 1.29 is 18.7 Å². The number of halogens is 2. The molecule has 0 spiro atoms. The summed E-state index contributed by atoms with van der Waals surface area (Å²) in [6.07, 6.45) is -1.61.